The van der Waals surface area contributed by atoms with Crippen LogP contribution in [-0.4, -0.2) is 20.7 Å². The number of aryl methyl sites for hydroxylation is 1. The van der Waals surface area contributed by atoms with Crippen molar-refractivity contribution in [2.45, 2.75) is 13.5 Å². The molecule has 0 atom stereocenters. The van der Waals surface area contributed by atoms with E-state index in [-0.39, 0.29) is 11.7 Å². The van der Waals surface area contributed by atoms with Gasteiger partial charge in [-0.05, 0) is 42.1 Å². The first-order valence-corrected chi connectivity index (χ1v) is 9.22. The molecule has 1 amide bonds. The van der Waals surface area contributed by atoms with Gasteiger partial charge in [-0.15, -0.1) is 21.5 Å². The van der Waals surface area contributed by atoms with Gasteiger partial charge >= 0.3 is 0 Å². The highest BCUT2D eigenvalue weighted by molar-refractivity contribution is 7.17. The predicted molar refractivity (Wildman–Crippen MR) is 97.9 cm³/mol. The Morgan fingerprint density at radius 2 is 2.16 bits per heavy atom. The summed E-state index contributed by atoms with van der Waals surface area (Å²) in [5.74, 6) is -0.544. The predicted octanol–water partition coefficient (Wildman–Crippen LogP) is 4.30. The van der Waals surface area contributed by atoms with Crippen LogP contribution < -0.4 is 5.32 Å². The summed E-state index contributed by atoms with van der Waals surface area (Å²) in [5, 5.41) is 13.8. The van der Waals surface area contributed by atoms with E-state index in [0.29, 0.717) is 17.4 Å². The zero-order valence-corrected chi connectivity index (χ0v) is 14.8. The first-order chi connectivity index (χ1) is 12.1. The molecule has 8 heteroatoms. The Kier molecular flexibility index (Phi) is 4.06. The summed E-state index contributed by atoms with van der Waals surface area (Å²) < 4.78 is 16.4. The normalized spacial score (nSPS) is 11.1. The Morgan fingerprint density at radius 3 is 2.92 bits per heavy atom. The monoisotopic (exact) mass is 372 g/mol. The van der Waals surface area contributed by atoms with Crippen molar-refractivity contribution in [2.75, 3.05) is 5.32 Å². The van der Waals surface area contributed by atoms with Crippen LogP contribution >= 0.6 is 22.7 Å². The molecule has 3 heterocycles. The van der Waals surface area contributed by atoms with Gasteiger partial charge in [-0.3, -0.25) is 10.1 Å². The number of amides is 1. The summed E-state index contributed by atoms with van der Waals surface area (Å²) in [4.78, 5) is 12.7. The molecular formula is C17H13FN4OS2. The van der Waals surface area contributed by atoms with Crippen LogP contribution in [0.5, 0.6) is 0 Å². The van der Waals surface area contributed by atoms with Crippen LogP contribution in [-0.2, 0) is 6.54 Å². The number of nitrogens with one attached hydrogen (secondary N) is 1. The minimum Gasteiger partial charge on any atom is -0.331 e. The van der Waals surface area contributed by atoms with E-state index < -0.39 is 0 Å². The second-order valence-electron chi connectivity index (χ2n) is 5.50. The SMILES string of the molecule is Cc1nnc(NC(=O)c2cc3sccc3n2Cc2cccc(F)c2)s1. The van der Waals surface area contributed by atoms with E-state index >= 15 is 0 Å². The smallest absolute Gasteiger partial charge is 0.274 e. The number of rotatable bonds is 4. The van der Waals surface area contributed by atoms with Crippen LogP contribution in [0.3, 0.4) is 0 Å². The van der Waals surface area contributed by atoms with Crippen LogP contribution in [0.1, 0.15) is 21.1 Å². The number of carbonyl (C=O) groups excluding carboxylic acids is 1. The topological polar surface area (TPSA) is 59.8 Å². The summed E-state index contributed by atoms with van der Waals surface area (Å²) in [6.45, 7) is 2.24. The second-order valence-corrected chi connectivity index (χ2v) is 7.63. The maximum Gasteiger partial charge on any atom is 0.274 e. The van der Waals surface area contributed by atoms with Crippen molar-refractivity contribution in [3.63, 3.8) is 0 Å². The highest BCUT2D eigenvalue weighted by Crippen LogP contribution is 2.27. The van der Waals surface area contributed by atoms with Gasteiger partial charge in [-0.1, -0.05) is 23.5 Å². The molecule has 4 aromatic rings. The van der Waals surface area contributed by atoms with Crippen molar-refractivity contribution in [3.8, 4) is 0 Å². The van der Waals surface area contributed by atoms with Crippen molar-refractivity contribution in [1.29, 1.82) is 0 Å². The Morgan fingerprint density at radius 1 is 1.28 bits per heavy atom. The molecule has 0 aliphatic heterocycles. The second kappa shape index (κ2) is 6.38. The molecule has 0 bridgehead atoms. The highest BCUT2D eigenvalue weighted by atomic mass is 32.1. The lowest BCUT2D eigenvalue weighted by atomic mass is 10.2. The van der Waals surface area contributed by atoms with E-state index in [1.54, 1.807) is 17.4 Å². The molecule has 1 aromatic carbocycles. The Hall–Kier alpha value is -2.58. The van der Waals surface area contributed by atoms with Crippen molar-refractivity contribution < 1.29 is 9.18 Å². The molecule has 0 unspecified atom stereocenters. The lowest BCUT2D eigenvalue weighted by Gasteiger charge is -2.10. The van der Waals surface area contributed by atoms with Gasteiger partial charge in [0, 0.05) is 6.54 Å². The van der Waals surface area contributed by atoms with Crippen LogP contribution in [0.4, 0.5) is 9.52 Å². The van der Waals surface area contributed by atoms with Gasteiger partial charge in [0.25, 0.3) is 5.91 Å². The average molecular weight is 372 g/mol. The van der Waals surface area contributed by atoms with Gasteiger partial charge in [0.1, 0.15) is 16.5 Å². The van der Waals surface area contributed by atoms with Crippen LogP contribution in [0, 0.1) is 12.7 Å². The molecule has 0 spiro atoms. The van der Waals surface area contributed by atoms with Crippen LogP contribution in [0.2, 0.25) is 0 Å². The molecule has 0 saturated heterocycles. The molecule has 25 heavy (non-hydrogen) atoms. The fourth-order valence-corrected chi connectivity index (χ4v) is 4.07. The van der Waals surface area contributed by atoms with Gasteiger partial charge in [-0.2, -0.15) is 0 Å². The number of nitrogens with zero attached hydrogens (tertiary/aromatic N) is 3. The zero-order chi connectivity index (χ0) is 17.4. The summed E-state index contributed by atoms with van der Waals surface area (Å²) >= 11 is 2.88. The lowest BCUT2D eigenvalue weighted by molar-refractivity contribution is 0.101. The average Bonchev–Trinajstić information content (AvgIpc) is 3.25. The van der Waals surface area contributed by atoms with Gasteiger partial charge < -0.3 is 4.57 Å². The third kappa shape index (κ3) is 3.18. The van der Waals surface area contributed by atoms with Gasteiger partial charge in [0.15, 0.2) is 0 Å². The number of thiophene rings is 1. The Bertz CT molecular complexity index is 1070. The molecule has 3 aromatic heterocycles. The quantitative estimate of drug-likeness (QED) is 0.581. The summed E-state index contributed by atoms with van der Waals surface area (Å²) in [6, 6.07) is 10.2. The first-order valence-electron chi connectivity index (χ1n) is 7.53. The summed E-state index contributed by atoms with van der Waals surface area (Å²) in [5.41, 5.74) is 2.26. The van der Waals surface area contributed by atoms with Crippen molar-refractivity contribution in [2.24, 2.45) is 0 Å². The van der Waals surface area contributed by atoms with E-state index in [1.165, 1.54) is 23.5 Å². The molecule has 5 nitrogen and oxygen atoms in total. The largest absolute Gasteiger partial charge is 0.331 e. The maximum absolute atomic E-state index is 13.5. The fraction of sp³-hybridized carbons (Fsp3) is 0.118. The lowest BCUT2D eigenvalue weighted by Crippen LogP contribution is -2.17. The molecule has 4 rings (SSSR count). The number of halogens is 1. The molecule has 0 aliphatic carbocycles. The summed E-state index contributed by atoms with van der Waals surface area (Å²) in [7, 11) is 0. The van der Waals surface area contributed by atoms with Crippen molar-refractivity contribution >= 4 is 43.9 Å². The molecule has 0 saturated carbocycles. The minimum absolute atomic E-state index is 0.254. The number of anilines is 1. The maximum atomic E-state index is 13.5. The molecule has 1 N–H and O–H groups in total. The number of benzene rings is 1. The highest BCUT2D eigenvalue weighted by Gasteiger charge is 2.18. The number of aromatic nitrogens is 3. The minimum atomic E-state index is -0.290. The van der Waals surface area contributed by atoms with Gasteiger partial charge in [-0.25, -0.2) is 4.39 Å². The third-order valence-corrected chi connectivity index (χ3v) is 5.34. The number of fused-ring (bicyclic) bond motifs is 1. The van der Waals surface area contributed by atoms with E-state index in [0.717, 1.165) is 20.8 Å². The standard InChI is InChI=1S/C17H13FN4OS2/c1-10-20-21-17(25-10)19-16(23)14-8-15-13(5-6-24-15)22(14)9-11-3-2-4-12(18)7-11/h2-8H,9H2,1H3,(H,19,21,23). The van der Waals surface area contributed by atoms with Crippen LogP contribution in [0.25, 0.3) is 10.2 Å². The molecule has 0 radical (unpaired) electrons. The molecular weight excluding hydrogens is 359 g/mol. The Labute approximate surface area is 150 Å². The van der Waals surface area contributed by atoms with Crippen molar-refractivity contribution in [3.05, 3.63) is 63.9 Å². The molecule has 126 valence electrons. The van der Waals surface area contributed by atoms with Crippen molar-refractivity contribution in [1.82, 2.24) is 14.8 Å². The number of hydrogen-bond donors (Lipinski definition) is 1. The van der Waals surface area contributed by atoms with Gasteiger partial charge in [0.2, 0.25) is 5.13 Å². The third-order valence-electron chi connectivity index (χ3n) is 3.73. The first kappa shape index (κ1) is 15.9. The molecule has 0 fully saturated rings. The fourth-order valence-electron chi connectivity index (χ4n) is 2.66. The molecule has 0 aliphatic rings. The number of hydrogen-bond acceptors (Lipinski definition) is 5. The Balaban J connectivity index is 1.70. The van der Waals surface area contributed by atoms with Gasteiger partial charge in [0.05, 0.1) is 10.2 Å². The van der Waals surface area contributed by atoms with E-state index in [4.69, 9.17) is 0 Å². The number of carbonyl (C=O) groups is 1. The van der Waals surface area contributed by atoms with Crippen LogP contribution in [0.15, 0.2) is 41.8 Å². The van der Waals surface area contributed by atoms with E-state index in [2.05, 4.69) is 15.5 Å². The van der Waals surface area contributed by atoms with E-state index in [9.17, 15) is 9.18 Å². The van der Waals surface area contributed by atoms with E-state index in [1.807, 2.05) is 35.1 Å². The summed E-state index contributed by atoms with van der Waals surface area (Å²) in [6.07, 6.45) is 0. The zero-order valence-electron chi connectivity index (χ0n) is 13.2.